The molecule has 120 valence electrons. The van der Waals surface area contributed by atoms with Crippen molar-refractivity contribution in [2.24, 2.45) is 7.05 Å². The molecule has 22 heavy (non-hydrogen) atoms. The standard InChI is InChI=1S/C15H22N4O2S/c1-10(13-7-19(4)18-11(13)2)17-14(20)16-9-15(3,21)12-5-6-22-8-12/h5-8,10,21H,9H2,1-4H3,(H2,16,17,20)/t10-,15+/m1/s1. The summed E-state index contributed by atoms with van der Waals surface area (Å²) < 4.78 is 1.72. The van der Waals surface area contributed by atoms with Gasteiger partial charge in [0.25, 0.3) is 0 Å². The van der Waals surface area contributed by atoms with Gasteiger partial charge in [0, 0.05) is 18.8 Å². The molecule has 0 saturated carbocycles. The van der Waals surface area contributed by atoms with Crippen molar-refractivity contribution in [3.05, 3.63) is 39.8 Å². The molecule has 2 amide bonds. The number of aromatic nitrogens is 2. The Hall–Kier alpha value is -1.86. The SMILES string of the molecule is Cc1nn(C)cc1[C@@H](C)NC(=O)NC[C@](C)(O)c1ccsc1. The molecule has 0 aromatic carbocycles. The van der Waals surface area contributed by atoms with Crippen LogP contribution in [-0.2, 0) is 12.6 Å². The lowest BCUT2D eigenvalue weighted by atomic mass is 9.99. The molecule has 3 N–H and O–H groups in total. The number of aryl methyl sites for hydroxylation is 2. The topological polar surface area (TPSA) is 79.2 Å². The first kappa shape index (κ1) is 16.5. The summed E-state index contributed by atoms with van der Waals surface area (Å²) in [7, 11) is 1.85. The average molecular weight is 322 g/mol. The van der Waals surface area contributed by atoms with Crippen LogP contribution >= 0.6 is 11.3 Å². The van der Waals surface area contributed by atoms with E-state index < -0.39 is 5.60 Å². The molecule has 0 aliphatic heterocycles. The molecule has 2 aromatic heterocycles. The first-order valence-corrected chi connectivity index (χ1v) is 8.03. The second kappa shape index (κ2) is 6.50. The maximum atomic E-state index is 12.0. The Kier molecular flexibility index (Phi) is 4.87. The largest absolute Gasteiger partial charge is 0.384 e. The molecule has 2 atom stereocenters. The minimum Gasteiger partial charge on any atom is -0.384 e. The molecule has 0 saturated heterocycles. The van der Waals surface area contributed by atoms with Gasteiger partial charge in [-0.2, -0.15) is 16.4 Å². The number of carbonyl (C=O) groups excluding carboxylic acids is 1. The number of urea groups is 1. The zero-order chi connectivity index (χ0) is 16.3. The third-order valence-electron chi connectivity index (χ3n) is 3.60. The van der Waals surface area contributed by atoms with Crippen LogP contribution in [0.15, 0.2) is 23.0 Å². The third-order valence-corrected chi connectivity index (χ3v) is 4.29. The Bertz CT molecular complexity index is 634. The van der Waals surface area contributed by atoms with E-state index in [4.69, 9.17) is 0 Å². The van der Waals surface area contributed by atoms with Gasteiger partial charge >= 0.3 is 6.03 Å². The molecule has 2 heterocycles. The van der Waals surface area contributed by atoms with Gasteiger partial charge < -0.3 is 15.7 Å². The van der Waals surface area contributed by atoms with E-state index >= 15 is 0 Å². The van der Waals surface area contributed by atoms with E-state index in [2.05, 4.69) is 15.7 Å². The summed E-state index contributed by atoms with van der Waals surface area (Å²) in [5.41, 5.74) is 1.59. The van der Waals surface area contributed by atoms with Crippen LogP contribution in [0.1, 0.15) is 36.7 Å². The van der Waals surface area contributed by atoms with Crippen molar-refractivity contribution in [3.63, 3.8) is 0 Å². The minimum atomic E-state index is -1.08. The van der Waals surface area contributed by atoms with Gasteiger partial charge in [-0.05, 0) is 43.2 Å². The first-order chi connectivity index (χ1) is 10.3. The highest BCUT2D eigenvalue weighted by molar-refractivity contribution is 7.08. The van der Waals surface area contributed by atoms with Crippen LogP contribution in [0.2, 0.25) is 0 Å². The van der Waals surface area contributed by atoms with Crippen LogP contribution in [0.4, 0.5) is 4.79 Å². The summed E-state index contributed by atoms with van der Waals surface area (Å²) >= 11 is 1.51. The lowest BCUT2D eigenvalue weighted by Crippen LogP contribution is -2.44. The Balaban J connectivity index is 1.89. The molecule has 0 fully saturated rings. The van der Waals surface area contributed by atoms with E-state index in [9.17, 15) is 9.90 Å². The molecule has 0 radical (unpaired) electrons. The molecule has 0 aliphatic rings. The molecular weight excluding hydrogens is 300 g/mol. The zero-order valence-electron chi connectivity index (χ0n) is 13.3. The number of nitrogens with one attached hydrogen (secondary N) is 2. The third kappa shape index (κ3) is 3.86. The van der Waals surface area contributed by atoms with E-state index in [0.29, 0.717) is 0 Å². The predicted octanol–water partition coefficient (Wildman–Crippen LogP) is 2.06. The Morgan fingerprint density at radius 2 is 2.32 bits per heavy atom. The van der Waals surface area contributed by atoms with Gasteiger partial charge in [0.15, 0.2) is 0 Å². The molecule has 7 heteroatoms. The van der Waals surface area contributed by atoms with E-state index in [0.717, 1.165) is 16.8 Å². The summed E-state index contributed by atoms with van der Waals surface area (Å²) in [6, 6.07) is 1.39. The second-order valence-electron chi connectivity index (χ2n) is 5.68. The number of nitrogens with zero attached hydrogens (tertiary/aromatic N) is 2. The van der Waals surface area contributed by atoms with Gasteiger partial charge in [-0.15, -0.1) is 0 Å². The minimum absolute atomic E-state index is 0.147. The van der Waals surface area contributed by atoms with Crippen molar-refractivity contribution in [2.45, 2.75) is 32.4 Å². The van der Waals surface area contributed by atoms with Crippen molar-refractivity contribution in [2.75, 3.05) is 6.54 Å². The molecule has 0 unspecified atom stereocenters. The predicted molar refractivity (Wildman–Crippen MR) is 86.8 cm³/mol. The highest BCUT2D eigenvalue weighted by Gasteiger charge is 2.24. The van der Waals surface area contributed by atoms with Crippen LogP contribution < -0.4 is 10.6 Å². The lowest BCUT2D eigenvalue weighted by molar-refractivity contribution is 0.0597. The molecule has 0 spiro atoms. The fourth-order valence-electron chi connectivity index (χ4n) is 2.29. The van der Waals surface area contributed by atoms with Gasteiger partial charge in [0.05, 0.1) is 18.3 Å². The van der Waals surface area contributed by atoms with Gasteiger partial charge in [0.1, 0.15) is 5.60 Å². The number of carbonyl (C=O) groups is 1. The number of thiophene rings is 1. The first-order valence-electron chi connectivity index (χ1n) is 7.09. The van der Waals surface area contributed by atoms with Crippen LogP contribution in [0, 0.1) is 6.92 Å². The second-order valence-corrected chi connectivity index (χ2v) is 6.46. The quantitative estimate of drug-likeness (QED) is 0.788. The maximum Gasteiger partial charge on any atom is 0.315 e. The van der Waals surface area contributed by atoms with Gasteiger partial charge in [-0.25, -0.2) is 4.79 Å². The van der Waals surface area contributed by atoms with E-state index in [1.807, 2.05) is 43.9 Å². The average Bonchev–Trinajstić information content (AvgIpc) is 3.06. The molecule has 2 rings (SSSR count). The number of hydrogen-bond donors (Lipinski definition) is 3. The fraction of sp³-hybridized carbons (Fsp3) is 0.467. The Morgan fingerprint density at radius 1 is 1.59 bits per heavy atom. The van der Waals surface area contributed by atoms with Crippen molar-refractivity contribution >= 4 is 17.4 Å². The molecular formula is C15H22N4O2S. The van der Waals surface area contributed by atoms with Crippen LogP contribution in [0.3, 0.4) is 0 Å². The monoisotopic (exact) mass is 322 g/mol. The maximum absolute atomic E-state index is 12.0. The number of amides is 2. The van der Waals surface area contributed by atoms with Crippen LogP contribution in [0.25, 0.3) is 0 Å². The highest BCUT2D eigenvalue weighted by atomic mass is 32.1. The number of rotatable bonds is 5. The Morgan fingerprint density at radius 3 is 2.86 bits per heavy atom. The molecule has 0 aliphatic carbocycles. The molecule has 2 aromatic rings. The summed E-state index contributed by atoms with van der Waals surface area (Å²) in [6.07, 6.45) is 1.89. The van der Waals surface area contributed by atoms with E-state index in [1.54, 1.807) is 11.6 Å². The van der Waals surface area contributed by atoms with Gasteiger partial charge in [-0.1, -0.05) is 0 Å². The smallest absolute Gasteiger partial charge is 0.315 e. The highest BCUT2D eigenvalue weighted by Crippen LogP contribution is 2.22. The normalized spacial score (nSPS) is 15.1. The van der Waals surface area contributed by atoms with Crippen molar-refractivity contribution in [3.8, 4) is 0 Å². The lowest BCUT2D eigenvalue weighted by Gasteiger charge is -2.23. The molecule has 6 nitrogen and oxygen atoms in total. The summed E-state index contributed by atoms with van der Waals surface area (Å²) in [6.45, 7) is 5.64. The van der Waals surface area contributed by atoms with Crippen molar-refractivity contribution in [1.29, 1.82) is 0 Å². The summed E-state index contributed by atoms with van der Waals surface area (Å²) in [5, 5.41) is 24.0. The van der Waals surface area contributed by atoms with Crippen molar-refractivity contribution < 1.29 is 9.90 Å². The summed E-state index contributed by atoms with van der Waals surface area (Å²) in [5.74, 6) is 0. The Labute approximate surface area is 134 Å². The van der Waals surface area contributed by atoms with Gasteiger partial charge in [0.2, 0.25) is 0 Å². The van der Waals surface area contributed by atoms with Crippen molar-refractivity contribution in [1.82, 2.24) is 20.4 Å². The van der Waals surface area contributed by atoms with Gasteiger partial charge in [-0.3, -0.25) is 4.68 Å². The van der Waals surface area contributed by atoms with E-state index in [1.165, 1.54) is 11.3 Å². The zero-order valence-corrected chi connectivity index (χ0v) is 14.1. The fourth-order valence-corrected chi connectivity index (χ4v) is 3.08. The van der Waals surface area contributed by atoms with Crippen LogP contribution in [-0.4, -0.2) is 27.5 Å². The number of hydrogen-bond acceptors (Lipinski definition) is 4. The number of aliphatic hydroxyl groups is 1. The summed E-state index contributed by atoms with van der Waals surface area (Å²) in [4.78, 5) is 12.0. The van der Waals surface area contributed by atoms with E-state index in [-0.39, 0.29) is 18.6 Å². The van der Waals surface area contributed by atoms with Crippen LogP contribution in [0.5, 0.6) is 0 Å². The molecule has 0 bridgehead atoms.